The Morgan fingerprint density at radius 1 is 1.60 bits per heavy atom. The largest absolute Gasteiger partial charge is 0.305 e. The molecule has 1 unspecified atom stereocenters. The van der Waals surface area contributed by atoms with Crippen LogP contribution in [0.2, 0.25) is 0 Å². The molecule has 0 fully saturated rings. The summed E-state index contributed by atoms with van der Waals surface area (Å²) in [5.41, 5.74) is 1.24. The van der Waals surface area contributed by atoms with Crippen molar-refractivity contribution in [1.29, 1.82) is 5.26 Å². The Hall–Kier alpha value is -1.40. The molecule has 1 rings (SSSR count). The van der Waals surface area contributed by atoms with E-state index in [9.17, 15) is 0 Å². The van der Waals surface area contributed by atoms with E-state index in [1.54, 1.807) is 6.20 Å². The number of aromatic nitrogens is 1. The third-order valence-corrected chi connectivity index (χ3v) is 2.31. The van der Waals surface area contributed by atoms with Crippen molar-refractivity contribution in [2.45, 2.75) is 13.3 Å². The predicted molar refractivity (Wildman–Crippen MR) is 60.2 cm³/mol. The highest BCUT2D eigenvalue weighted by Gasteiger charge is 2.04. The first-order valence-electron chi connectivity index (χ1n) is 5.19. The molecule has 0 saturated heterocycles. The van der Waals surface area contributed by atoms with E-state index in [-0.39, 0.29) is 5.92 Å². The minimum Gasteiger partial charge on any atom is -0.305 e. The molecule has 3 heteroatoms. The third kappa shape index (κ3) is 4.57. The molecule has 1 aromatic rings. The average Bonchev–Trinajstić information content (AvgIpc) is 2.27. The molecule has 0 aliphatic rings. The first kappa shape index (κ1) is 11.7. The van der Waals surface area contributed by atoms with Gasteiger partial charge in [-0.1, -0.05) is 6.07 Å². The second kappa shape index (κ2) is 6.15. The van der Waals surface area contributed by atoms with Gasteiger partial charge in [0, 0.05) is 25.5 Å². The molecule has 1 heterocycles. The van der Waals surface area contributed by atoms with E-state index in [4.69, 9.17) is 5.26 Å². The first-order chi connectivity index (χ1) is 7.22. The van der Waals surface area contributed by atoms with Gasteiger partial charge >= 0.3 is 0 Å². The van der Waals surface area contributed by atoms with Crippen molar-refractivity contribution in [3.8, 4) is 6.07 Å². The summed E-state index contributed by atoms with van der Waals surface area (Å²) in [6.45, 7) is 3.75. The smallest absolute Gasteiger partial charge is 0.0666 e. The zero-order valence-electron chi connectivity index (χ0n) is 9.35. The van der Waals surface area contributed by atoms with Gasteiger partial charge in [-0.25, -0.2) is 0 Å². The van der Waals surface area contributed by atoms with E-state index in [2.05, 4.69) is 22.0 Å². The Bertz CT molecular complexity index is 315. The van der Waals surface area contributed by atoms with Gasteiger partial charge in [0.05, 0.1) is 12.0 Å². The standard InChI is InChI=1S/C12H17N3/c1-11(8-13)10-15(2)7-5-12-4-3-6-14-9-12/h3-4,6,9,11H,5,7,10H2,1-2H3. The molecule has 0 N–H and O–H groups in total. The molecular formula is C12H17N3. The van der Waals surface area contributed by atoms with Crippen LogP contribution in [0.1, 0.15) is 12.5 Å². The van der Waals surface area contributed by atoms with E-state index < -0.39 is 0 Å². The van der Waals surface area contributed by atoms with Crippen LogP contribution in [0.3, 0.4) is 0 Å². The summed E-state index contributed by atoms with van der Waals surface area (Å²) >= 11 is 0. The first-order valence-corrected chi connectivity index (χ1v) is 5.19. The van der Waals surface area contributed by atoms with Crippen molar-refractivity contribution in [1.82, 2.24) is 9.88 Å². The Kier molecular flexibility index (Phi) is 4.79. The minimum absolute atomic E-state index is 0.101. The monoisotopic (exact) mass is 203 g/mol. The van der Waals surface area contributed by atoms with Crippen LogP contribution in [0, 0.1) is 17.2 Å². The van der Waals surface area contributed by atoms with Crippen molar-refractivity contribution < 1.29 is 0 Å². The van der Waals surface area contributed by atoms with E-state index in [0.29, 0.717) is 0 Å². The van der Waals surface area contributed by atoms with Crippen LogP contribution in [0.4, 0.5) is 0 Å². The molecule has 1 atom stereocenters. The van der Waals surface area contributed by atoms with Crippen molar-refractivity contribution in [3.05, 3.63) is 30.1 Å². The fourth-order valence-corrected chi connectivity index (χ4v) is 1.47. The summed E-state index contributed by atoms with van der Waals surface area (Å²) in [6, 6.07) is 6.27. The Morgan fingerprint density at radius 2 is 2.40 bits per heavy atom. The lowest BCUT2D eigenvalue weighted by molar-refractivity contribution is 0.314. The summed E-state index contributed by atoms with van der Waals surface area (Å²) in [7, 11) is 2.05. The van der Waals surface area contributed by atoms with Gasteiger partial charge < -0.3 is 4.90 Å². The fourth-order valence-electron chi connectivity index (χ4n) is 1.47. The number of pyridine rings is 1. The van der Waals surface area contributed by atoms with Gasteiger partial charge in [-0.05, 0) is 32.0 Å². The highest BCUT2D eigenvalue weighted by atomic mass is 15.1. The maximum atomic E-state index is 8.68. The second-order valence-corrected chi connectivity index (χ2v) is 3.90. The van der Waals surface area contributed by atoms with E-state index in [1.165, 1.54) is 5.56 Å². The van der Waals surface area contributed by atoms with Crippen LogP contribution in [0.15, 0.2) is 24.5 Å². The van der Waals surface area contributed by atoms with Gasteiger partial charge in [0.1, 0.15) is 0 Å². The summed E-state index contributed by atoms with van der Waals surface area (Å²) in [5, 5.41) is 8.68. The maximum absolute atomic E-state index is 8.68. The maximum Gasteiger partial charge on any atom is 0.0666 e. The Morgan fingerprint density at radius 3 is 3.00 bits per heavy atom. The van der Waals surface area contributed by atoms with Gasteiger partial charge in [-0.3, -0.25) is 4.98 Å². The van der Waals surface area contributed by atoms with Crippen molar-refractivity contribution in [2.24, 2.45) is 5.92 Å². The molecule has 0 radical (unpaired) electrons. The van der Waals surface area contributed by atoms with Gasteiger partial charge in [0.25, 0.3) is 0 Å². The predicted octanol–water partition coefficient (Wildman–Crippen LogP) is 1.72. The van der Waals surface area contributed by atoms with Crippen molar-refractivity contribution in [2.75, 3.05) is 20.1 Å². The lowest BCUT2D eigenvalue weighted by atomic mass is 10.1. The van der Waals surface area contributed by atoms with E-state index >= 15 is 0 Å². The molecule has 0 aliphatic heterocycles. The van der Waals surface area contributed by atoms with Crippen LogP contribution in [-0.4, -0.2) is 30.0 Å². The Balaban J connectivity index is 2.29. The fraction of sp³-hybridized carbons (Fsp3) is 0.500. The SMILES string of the molecule is CC(C#N)CN(C)CCc1cccnc1. The van der Waals surface area contributed by atoms with Crippen molar-refractivity contribution in [3.63, 3.8) is 0 Å². The summed E-state index contributed by atoms with van der Waals surface area (Å²) in [6.07, 6.45) is 4.66. The minimum atomic E-state index is 0.101. The van der Waals surface area contributed by atoms with Crippen LogP contribution in [0.25, 0.3) is 0 Å². The lowest BCUT2D eigenvalue weighted by Gasteiger charge is -2.17. The van der Waals surface area contributed by atoms with Crippen LogP contribution in [-0.2, 0) is 6.42 Å². The van der Waals surface area contributed by atoms with Gasteiger partial charge in [-0.15, -0.1) is 0 Å². The number of likely N-dealkylation sites (N-methyl/N-ethyl adjacent to an activating group) is 1. The molecule has 1 aromatic heterocycles. The lowest BCUT2D eigenvalue weighted by Crippen LogP contribution is -2.26. The highest BCUT2D eigenvalue weighted by Crippen LogP contribution is 2.00. The third-order valence-electron chi connectivity index (χ3n) is 2.31. The number of rotatable bonds is 5. The number of hydrogen-bond donors (Lipinski definition) is 0. The van der Waals surface area contributed by atoms with Gasteiger partial charge in [0.15, 0.2) is 0 Å². The number of hydrogen-bond acceptors (Lipinski definition) is 3. The van der Waals surface area contributed by atoms with Crippen molar-refractivity contribution >= 4 is 0 Å². The van der Waals surface area contributed by atoms with Crippen LogP contribution in [0.5, 0.6) is 0 Å². The normalized spacial score (nSPS) is 12.4. The van der Waals surface area contributed by atoms with Crippen LogP contribution < -0.4 is 0 Å². The zero-order valence-corrected chi connectivity index (χ0v) is 9.35. The molecule has 0 spiro atoms. The molecule has 80 valence electrons. The molecular weight excluding hydrogens is 186 g/mol. The van der Waals surface area contributed by atoms with Gasteiger partial charge in [0.2, 0.25) is 0 Å². The van der Waals surface area contributed by atoms with E-state index in [1.807, 2.05) is 26.2 Å². The summed E-state index contributed by atoms with van der Waals surface area (Å²) in [4.78, 5) is 6.25. The molecule has 0 aromatic carbocycles. The zero-order chi connectivity index (χ0) is 11.1. The van der Waals surface area contributed by atoms with Gasteiger partial charge in [-0.2, -0.15) is 5.26 Å². The quantitative estimate of drug-likeness (QED) is 0.731. The average molecular weight is 203 g/mol. The van der Waals surface area contributed by atoms with E-state index in [0.717, 1.165) is 19.5 Å². The second-order valence-electron chi connectivity index (χ2n) is 3.90. The molecule has 15 heavy (non-hydrogen) atoms. The van der Waals surface area contributed by atoms with Crippen LogP contribution >= 0.6 is 0 Å². The molecule has 0 bridgehead atoms. The molecule has 0 saturated carbocycles. The Labute approximate surface area is 91.4 Å². The number of nitriles is 1. The molecule has 3 nitrogen and oxygen atoms in total. The highest BCUT2D eigenvalue weighted by molar-refractivity contribution is 5.08. The number of nitrogens with zero attached hydrogens (tertiary/aromatic N) is 3. The molecule has 0 aliphatic carbocycles. The molecule has 0 amide bonds. The summed E-state index contributed by atoms with van der Waals surface area (Å²) < 4.78 is 0. The summed E-state index contributed by atoms with van der Waals surface area (Å²) in [5.74, 6) is 0.101. The topological polar surface area (TPSA) is 39.9 Å².